The first-order valence-electron chi connectivity index (χ1n) is 6.16. The number of ether oxygens (including phenoxy) is 2. The highest BCUT2D eigenvalue weighted by Crippen LogP contribution is 2.37. The van der Waals surface area contributed by atoms with Gasteiger partial charge >= 0.3 is 0 Å². The molecule has 2 aliphatic rings. The third-order valence-electron chi connectivity index (χ3n) is 3.39. The molecule has 0 N–H and O–H groups in total. The standard InChI is InChI=1S/C12H22O2/c1-2-6-11-7-5-9-12(14-11)8-3-4-10-13-12/h11H,2-10H2,1H3/t11-,12+/m1/s1. The lowest BCUT2D eigenvalue weighted by Crippen LogP contribution is -2.45. The van der Waals surface area contributed by atoms with E-state index in [-0.39, 0.29) is 5.79 Å². The zero-order valence-corrected chi connectivity index (χ0v) is 9.26. The van der Waals surface area contributed by atoms with Crippen molar-refractivity contribution in [1.82, 2.24) is 0 Å². The average molecular weight is 198 g/mol. The van der Waals surface area contributed by atoms with Crippen LogP contribution in [0.3, 0.4) is 0 Å². The van der Waals surface area contributed by atoms with Crippen LogP contribution in [0.1, 0.15) is 58.3 Å². The maximum Gasteiger partial charge on any atom is 0.168 e. The molecular weight excluding hydrogens is 176 g/mol. The Balaban J connectivity index is 1.91. The van der Waals surface area contributed by atoms with Crippen LogP contribution < -0.4 is 0 Å². The second-order valence-corrected chi connectivity index (χ2v) is 4.64. The summed E-state index contributed by atoms with van der Waals surface area (Å²) in [6.07, 6.45) is 10.1. The molecular formula is C12H22O2. The molecule has 0 radical (unpaired) electrons. The number of hydrogen-bond donors (Lipinski definition) is 0. The molecule has 0 aliphatic carbocycles. The van der Waals surface area contributed by atoms with Gasteiger partial charge < -0.3 is 9.47 Å². The molecule has 0 aromatic heterocycles. The maximum atomic E-state index is 6.13. The van der Waals surface area contributed by atoms with E-state index in [0.717, 1.165) is 19.4 Å². The van der Waals surface area contributed by atoms with Crippen LogP contribution >= 0.6 is 0 Å². The van der Waals surface area contributed by atoms with Gasteiger partial charge in [0.1, 0.15) is 0 Å². The Hall–Kier alpha value is -0.0800. The highest BCUT2D eigenvalue weighted by molar-refractivity contribution is 4.80. The van der Waals surface area contributed by atoms with Gasteiger partial charge in [0.05, 0.1) is 12.7 Å². The van der Waals surface area contributed by atoms with Crippen LogP contribution in [-0.4, -0.2) is 18.5 Å². The summed E-state index contributed by atoms with van der Waals surface area (Å²) in [5.74, 6) is -0.170. The van der Waals surface area contributed by atoms with E-state index in [1.165, 1.54) is 38.5 Å². The van der Waals surface area contributed by atoms with Crippen molar-refractivity contribution in [2.75, 3.05) is 6.61 Å². The summed E-state index contributed by atoms with van der Waals surface area (Å²) in [5, 5.41) is 0. The van der Waals surface area contributed by atoms with Crippen molar-refractivity contribution in [1.29, 1.82) is 0 Å². The van der Waals surface area contributed by atoms with E-state index in [1.54, 1.807) is 0 Å². The molecule has 1 spiro atoms. The van der Waals surface area contributed by atoms with Gasteiger partial charge in [0.2, 0.25) is 0 Å². The zero-order valence-electron chi connectivity index (χ0n) is 9.26. The second-order valence-electron chi connectivity index (χ2n) is 4.64. The first-order valence-corrected chi connectivity index (χ1v) is 6.16. The van der Waals surface area contributed by atoms with E-state index in [4.69, 9.17) is 9.47 Å². The molecule has 2 atom stereocenters. The van der Waals surface area contributed by atoms with E-state index in [0.29, 0.717) is 6.10 Å². The van der Waals surface area contributed by atoms with Gasteiger partial charge in [0, 0.05) is 12.8 Å². The predicted octanol–water partition coefficient (Wildman–Crippen LogP) is 3.25. The van der Waals surface area contributed by atoms with Crippen molar-refractivity contribution in [2.24, 2.45) is 0 Å². The largest absolute Gasteiger partial charge is 0.350 e. The molecule has 0 unspecified atom stereocenters. The van der Waals surface area contributed by atoms with Crippen molar-refractivity contribution < 1.29 is 9.47 Å². The highest BCUT2D eigenvalue weighted by atomic mass is 16.7. The molecule has 2 heterocycles. The van der Waals surface area contributed by atoms with E-state index in [1.807, 2.05) is 0 Å². The molecule has 2 heteroatoms. The Bertz CT molecular complexity index is 166. The third-order valence-corrected chi connectivity index (χ3v) is 3.39. The zero-order chi connectivity index (χ0) is 9.86. The van der Waals surface area contributed by atoms with Gasteiger partial charge in [0.15, 0.2) is 5.79 Å². The molecule has 14 heavy (non-hydrogen) atoms. The van der Waals surface area contributed by atoms with Crippen molar-refractivity contribution in [3.63, 3.8) is 0 Å². The Morgan fingerprint density at radius 3 is 2.79 bits per heavy atom. The highest BCUT2D eigenvalue weighted by Gasteiger charge is 2.39. The van der Waals surface area contributed by atoms with E-state index in [2.05, 4.69) is 6.92 Å². The third kappa shape index (κ3) is 2.29. The Morgan fingerprint density at radius 2 is 2.07 bits per heavy atom. The average Bonchev–Trinajstić information content (AvgIpc) is 2.19. The normalized spacial score (nSPS) is 38.8. The topological polar surface area (TPSA) is 18.5 Å². The van der Waals surface area contributed by atoms with Crippen molar-refractivity contribution in [3.05, 3.63) is 0 Å². The Morgan fingerprint density at radius 1 is 1.21 bits per heavy atom. The Labute approximate surface area is 87.0 Å². The maximum absolute atomic E-state index is 6.13. The lowest BCUT2D eigenvalue weighted by Gasteiger charge is -2.43. The molecule has 0 bridgehead atoms. The van der Waals surface area contributed by atoms with Gasteiger partial charge in [-0.2, -0.15) is 0 Å². The number of rotatable bonds is 2. The summed E-state index contributed by atoms with van der Waals surface area (Å²) in [6.45, 7) is 3.13. The van der Waals surface area contributed by atoms with Crippen LogP contribution in [0.4, 0.5) is 0 Å². The molecule has 0 amide bonds. The van der Waals surface area contributed by atoms with E-state index >= 15 is 0 Å². The fourth-order valence-electron chi connectivity index (χ4n) is 2.66. The van der Waals surface area contributed by atoms with Crippen LogP contribution in [0.5, 0.6) is 0 Å². The van der Waals surface area contributed by atoms with Crippen molar-refractivity contribution in [2.45, 2.75) is 70.2 Å². The molecule has 2 saturated heterocycles. The summed E-state index contributed by atoms with van der Waals surface area (Å²) in [4.78, 5) is 0. The van der Waals surface area contributed by atoms with Gasteiger partial charge in [0.25, 0.3) is 0 Å². The van der Waals surface area contributed by atoms with Gasteiger partial charge in [-0.05, 0) is 32.1 Å². The lowest BCUT2D eigenvalue weighted by molar-refractivity contribution is -0.295. The summed E-state index contributed by atoms with van der Waals surface area (Å²) in [7, 11) is 0. The van der Waals surface area contributed by atoms with Crippen LogP contribution in [0.25, 0.3) is 0 Å². The molecule has 0 saturated carbocycles. The van der Waals surface area contributed by atoms with Crippen LogP contribution in [0.2, 0.25) is 0 Å². The monoisotopic (exact) mass is 198 g/mol. The molecule has 82 valence electrons. The molecule has 2 fully saturated rings. The SMILES string of the molecule is CCC[C@@H]1CCC[C@]2(CCCCO2)O1. The van der Waals surface area contributed by atoms with Crippen LogP contribution in [0.15, 0.2) is 0 Å². The minimum Gasteiger partial charge on any atom is -0.350 e. The smallest absolute Gasteiger partial charge is 0.168 e. The van der Waals surface area contributed by atoms with Gasteiger partial charge in [-0.1, -0.05) is 13.3 Å². The molecule has 2 rings (SSSR count). The molecule has 2 nitrogen and oxygen atoms in total. The van der Waals surface area contributed by atoms with Crippen LogP contribution in [-0.2, 0) is 9.47 Å². The minimum atomic E-state index is -0.170. The second kappa shape index (κ2) is 4.63. The fourth-order valence-corrected chi connectivity index (χ4v) is 2.66. The van der Waals surface area contributed by atoms with Crippen molar-refractivity contribution in [3.8, 4) is 0 Å². The molecule has 2 aliphatic heterocycles. The number of hydrogen-bond acceptors (Lipinski definition) is 2. The lowest BCUT2D eigenvalue weighted by atomic mass is 9.93. The summed E-state index contributed by atoms with van der Waals surface area (Å²) >= 11 is 0. The first-order chi connectivity index (χ1) is 6.85. The fraction of sp³-hybridized carbons (Fsp3) is 1.00. The van der Waals surface area contributed by atoms with E-state index < -0.39 is 0 Å². The first kappa shape index (κ1) is 10.4. The molecule has 0 aromatic rings. The Kier molecular flexibility index (Phi) is 3.45. The minimum absolute atomic E-state index is 0.170. The summed E-state index contributed by atoms with van der Waals surface area (Å²) in [6, 6.07) is 0. The summed E-state index contributed by atoms with van der Waals surface area (Å²) < 4.78 is 12.0. The van der Waals surface area contributed by atoms with Crippen molar-refractivity contribution >= 4 is 0 Å². The van der Waals surface area contributed by atoms with E-state index in [9.17, 15) is 0 Å². The molecule has 0 aromatic carbocycles. The summed E-state index contributed by atoms with van der Waals surface area (Å²) in [5.41, 5.74) is 0. The van der Waals surface area contributed by atoms with Gasteiger partial charge in [-0.3, -0.25) is 0 Å². The van der Waals surface area contributed by atoms with Crippen LogP contribution in [0, 0.1) is 0 Å². The van der Waals surface area contributed by atoms with Gasteiger partial charge in [-0.15, -0.1) is 0 Å². The quantitative estimate of drug-likeness (QED) is 0.678. The predicted molar refractivity (Wildman–Crippen MR) is 56.2 cm³/mol. The van der Waals surface area contributed by atoms with Gasteiger partial charge in [-0.25, -0.2) is 0 Å².